The van der Waals surface area contributed by atoms with E-state index in [0.717, 1.165) is 0 Å². The summed E-state index contributed by atoms with van der Waals surface area (Å²) in [6.45, 7) is 2.36. The Hall–Kier alpha value is -0.610. The van der Waals surface area contributed by atoms with Crippen molar-refractivity contribution in [1.29, 1.82) is 0 Å². The van der Waals surface area contributed by atoms with Gasteiger partial charge in [-0.3, -0.25) is 4.79 Å². The molecule has 4 heteroatoms. The molecule has 4 nitrogen and oxygen atoms in total. The van der Waals surface area contributed by atoms with Crippen LogP contribution in [0.25, 0.3) is 0 Å². The quantitative estimate of drug-likeness (QED) is 0.610. The molecule has 76 valence electrons. The largest absolute Gasteiger partial charge is 0.454 e. The molecule has 0 aromatic rings. The molecule has 0 aliphatic carbocycles. The Morgan fingerprint density at radius 3 is 2.77 bits per heavy atom. The number of cyclic esters (lactones) is 1. The van der Waals surface area contributed by atoms with E-state index in [-0.39, 0.29) is 12.1 Å². The van der Waals surface area contributed by atoms with Crippen LogP contribution in [0.15, 0.2) is 0 Å². The molecule has 2 atom stereocenters. The van der Waals surface area contributed by atoms with Crippen molar-refractivity contribution < 1.29 is 19.0 Å². The van der Waals surface area contributed by atoms with Crippen molar-refractivity contribution in [1.82, 2.24) is 0 Å². The van der Waals surface area contributed by atoms with Crippen molar-refractivity contribution >= 4 is 5.97 Å². The minimum atomic E-state index is -0.569. The van der Waals surface area contributed by atoms with Gasteiger partial charge in [-0.15, -0.1) is 0 Å². The van der Waals surface area contributed by atoms with Crippen LogP contribution >= 0.6 is 0 Å². The summed E-state index contributed by atoms with van der Waals surface area (Å²) in [6, 6.07) is 0. The van der Waals surface area contributed by atoms with Gasteiger partial charge >= 0.3 is 5.97 Å². The molecular formula is C9H16O4. The second-order valence-electron chi connectivity index (χ2n) is 3.25. The van der Waals surface area contributed by atoms with Gasteiger partial charge in [0.1, 0.15) is 6.10 Å². The molecule has 0 aromatic carbocycles. The van der Waals surface area contributed by atoms with E-state index in [1.54, 1.807) is 14.2 Å². The predicted molar refractivity (Wildman–Crippen MR) is 46.4 cm³/mol. The van der Waals surface area contributed by atoms with Crippen LogP contribution < -0.4 is 0 Å². The predicted octanol–water partition coefficient (Wildman–Crippen LogP) is 0.744. The number of rotatable bonds is 4. The van der Waals surface area contributed by atoms with Gasteiger partial charge in [0.2, 0.25) is 0 Å². The van der Waals surface area contributed by atoms with Crippen molar-refractivity contribution in [2.24, 2.45) is 0 Å². The third-order valence-corrected chi connectivity index (χ3v) is 2.53. The summed E-state index contributed by atoms with van der Waals surface area (Å²) >= 11 is 0. The Balaban J connectivity index is 2.76. The summed E-state index contributed by atoms with van der Waals surface area (Å²) in [4.78, 5) is 11.1. The maximum Gasteiger partial charge on any atom is 0.309 e. The Morgan fingerprint density at radius 2 is 2.31 bits per heavy atom. The highest BCUT2D eigenvalue weighted by Crippen LogP contribution is 2.32. The van der Waals surface area contributed by atoms with E-state index in [0.29, 0.717) is 19.4 Å². The van der Waals surface area contributed by atoms with E-state index in [1.807, 2.05) is 6.92 Å². The van der Waals surface area contributed by atoms with Crippen LogP contribution in [-0.4, -0.2) is 38.5 Å². The lowest BCUT2D eigenvalue weighted by molar-refractivity contribution is -0.159. The molecule has 1 rings (SSSR count). The molecule has 1 fully saturated rings. The number of esters is 1. The number of carbonyl (C=O) groups is 1. The molecule has 1 heterocycles. The second-order valence-corrected chi connectivity index (χ2v) is 3.25. The lowest BCUT2D eigenvalue weighted by Gasteiger charge is -2.30. The fourth-order valence-corrected chi connectivity index (χ4v) is 1.74. The maximum atomic E-state index is 11.1. The fourth-order valence-electron chi connectivity index (χ4n) is 1.74. The minimum absolute atomic E-state index is 0.176. The fraction of sp³-hybridized carbons (Fsp3) is 0.889. The number of carbonyl (C=O) groups excluding carboxylic acids is 1. The molecule has 1 saturated heterocycles. The third kappa shape index (κ3) is 1.84. The van der Waals surface area contributed by atoms with Gasteiger partial charge in [-0.1, -0.05) is 6.92 Å². The van der Waals surface area contributed by atoms with E-state index >= 15 is 0 Å². The van der Waals surface area contributed by atoms with Gasteiger partial charge in [0.05, 0.1) is 13.0 Å². The highest BCUT2D eigenvalue weighted by atomic mass is 16.6. The molecule has 0 saturated carbocycles. The minimum Gasteiger partial charge on any atom is -0.454 e. The number of hydrogen-bond donors (Lipinski definition) is 0. The van der Waals surface area contributed by atoms with Gasteiger partial charge in [-0.25, -0.2) is 0 Å². The molecule has 0 spiro atoms. The summed E-state index contributed by atoms with van der Waals surface area (Å²) in [6.07, 6.45) is 0.864. The third-order valence-electron chi connectivity index (χ3n) is 2.53. The molecule has 0 bridgehead atoms. The number of ether oxygens (including phenoxy) is 3. The Labute approximate surface area is 78.2 Å². The first-order chi connectivity index (χ1) is 6.18. The van der Waals surface area contributed by atoms with Gasteiger partial charge in [-0.05, 0) is 6.42 Å². The van der Waals surface area contributed by atoms with E-state index in [1.165, 1.54) is 0 Å². The monoisotopic (exact) mass is 188 g/mol. The first-order valence-corrected chi connectivity index (χ1v) is 4.42. The van der Waals surface area contributed by atoms with Crippen LogP contribution in [0.2, 0.25) is 0 Å². The topological polar surface area (TPSA) is 44.8 Å². The summed E-state index contributed by atoms with van der Waals surface area (Å²) < 4.78 is 15.5. The highest BCUT2D eigenvalue weighted by Gasteiger charge is 2.48. The smallest absolute Gasteiger partial charge is 0.309 e. The van der Waals surface area contributed by atoms with Crippen molar-refractivity contribution in [2.75, 3.05) is 20.8 Å². The van der Waals surface area contributed by atoms with Crippen molar-refractivity contribution in [2.45, 2.75) is 31.5 Å². The molecule has 0 unspecified atom stereocenters. The van der Waals surface area contributed by atoms with Crippen LogP contribution in [0.5, 0.6) is 0 Å². The van der Waals surface area contributed by atoms with E-state index in [4.69, 9.17) is 14.2 Å². The summed E-state index contributed by atoms with van der Waals surface area (Å²) in [7, 11) is 3.18. The zero-order valence-corrected chi connectivity index (χ0v) is 8.33. The standard InChI is InChI=1S/C9H16O4/c1-4-9(6-11-2)7(12-3)5-8(10)13-9/h7H,4-6H2,1-3H3/t7-,9+/m1/s1. The molecular weight excluding hydrogens is 172 g/mol. The molecule has 1 aliphatic heterocycles. The molecule has 0 aromatic heterocycles. The maximum absolute atomic E-state index is 11.1. The molecule has 0 N–H and O–H groups in total. The van der Waals surface area contributed by atoms with Crippen LogP contribution in [0, 0.1) is 0 Å². The Bertz CT molecular complexity index is 192. The lowest BCUT2D eigenvalue weighted by atomic mass is 9.95. The molecule has 1 aliphatic rings. The van der Waals surface area contributed by atoms with E-state index in [2.05, 4.69) is 0 Å². The zero-order chi connectivity index (χ0) is 9.90. The van der Waals surface area contributed by atoms with Crippen LogP contribution in [0.1, 0.15) is 19.8 Å². The zero-order valence-electron chi connectivity index (χ0n) is 8.33. The van der Waals surface area contributed by atoms with Crippen LogP contribution in [0.3, 0.4) is 0 Å². The van der Waals surface area contributed by atoms with E-state index in [9.17, 15) is 4.79 Å². The van der Waals surface area contributed by atoms with Gasteiger partial charge < -0.3 is 14.2 Å². The summed E-state index contributed by atoms with van der Waals surface area (Å²) in [5, 5.41) is 0. The SMILES string of the molecule is CC[C@@]1(COC)OC(=O)C[C@H]1OC. The highest BCUT2D eigenvalue weighted by molar-refractivity contribution is 5.73. The van der Waals surface area contributed by atoms with Gasteiger partial charge in [0.25, 0.3) is 0 Å². The second kappa shape index (κ2) is 4.07. The molecule has 0 radical (unpaired) electrons. The van der Waals surface area contributed by atoms with Gasteiger partial charge in [0.15, 0.2) is 5.60 Å². The summed E-state index contributed by atoms with van der Waals surface area (Å²) in [5.74, 6) is -0.203. The van der Waals surface area contributed by atoms with Crippen LogP contribution in [-0.2, 0) is 19.0 Å². The van der Waals surface area contributed by atoms with Crippen molar-refractivity contribution in [3.63, 3.8) is 0 Å². The van der Waals surface area contributed by atoms with Gasteiger partial charge in [0, 0.05) is 14.2 Å². The first kappa shape index (κ1) is 10.5. The Kier molecular flexibility index (Phi) is 3.27. The molecule has 0 amide bonds. The number of hydrogen-bond acceptors (Lipinski definition) is 4. The lowest BCUT2D eigenvalue weighted by Crippen LogP contribution is -2.44. The number of methoxy groups -OCH3 is 2. The average Bonchev–Trinajstić information content (AvgIpc) is 2.43. The van der Waals surface area contributed by atoms with Gasteiger partial charge in [-0.2, -0.15) is 0 Å². The van der Waals surface area contributed by atoms with E-state index < -0.39 is 5.60 Å². The van der Waals surface area contributed by atoms with Crippen LogP contribution in [0.4, 0.5) is 0 Å². The van der Waals surface area contributed by atoms with Crippen molar-refractivity contribution in [3.05, 3.63) is 0 Å². The average molecular weight is 188 g/mol. The normalized spacial score (nSPS) is 33.5. The summed E-state index contributed by atoms with van der Waals surface area (Å²) in [5.41, 5.74) is -0.569. The molecule has 13 heavy (non-hydrogen) atoms. The first-order valence-electron chi connectivity index (χ1n) is 4.42. The Morgan fingerprint density at radius 1 is 1.62 bits per heavy atom. The van der Waals surface area contributed by atoms with Crippen molar-refractivity contribution in [3.8, 4) is 0 Å².